The van der Waals surface area contributed by atoms with Gasteiger partial charge in [0, 0.05) is 23.9 Å². The summed E-state index contributed by atoms with van der Waals surface area (Å²) in [6.45, 7) is 3.81. The molecule has 0 saturated carbocycles. The first-order valence-corrected chi connectivity index (χ1v) is 8.94. The number of aliphatic hydroxyl groups excluding tert-OH is 1. The highest BCUT2D eigenvalue weighted by molar-refractivity contribution is 6.32. The largest absolute Gasteiger partial charge is 0.385 e. The molecule has 0 aliphatic carbocycles. The van der Waals surface area contributed by atoms with E-state index in [0.29, 0.717) is 22.8 Å². The number of halogens is 1. The average molecular weight is 400 g/mol. The minimum Gasteiger partial charge on any atom is -0.385 e. The molecule has 2 aromatic heterocycles. The molecule has 2 unspecified atom stereocenters. The van der Waals surface area contributed by atoms with Crippen molar-refractivity contribution in [3.05, 3.63) is 58.6 Å². The Bertz CT molecular complexity index is 1030. The highest BCUT2D eigenvalue weighted by Crippen LogP contribution is 2.24. The van der Waals surface area contributed by atoms with Crippen molar-refractivity contribution in [1.29, 1.82) is 5.26 Å². The first-order valence-electron chi connectivity index (χ1n) is 8.56. The van der Waals surface area contributed by atoms with Gasteiger partial charge in [0.2, 0.25) is 0 Å². The summed E-state index contributed by atoms with van der Waals surface area (Å²) >= 11 is 6.07. The Kier molecular flexibility index (Phi) is 5.78. The van der Waals surface area contributed by atoms with Crippen LogP contribution < -0.4 is 5.32 Å². The van der Waals surface area contributed by atoms with Crippen LogP contribution >= 0.6 is 11.6 Å². The van der Waals surface area contributed by atoms with Gasteiger partial charge in [0.15, 0.2) is 11.5 Å². The van der Waals surface area contributed by atoms with Crippen molar-refractivity contribution in [1.82, 2.24) is 20.3 Å². The molecule has 1 amide bonds. The van der Waals surface area contributed by atoms with Gasteiger partial charge < -0.3 is 14.9 Å². The van der Waals surface area contributed by atoms with Gasteiger partial charge in [-0.3, -0.25) is 9.48 Å². The maximum atomic E-state index is 12.2. The van der Waals surface area contributed by atoms with Crippen molar-refractivity contribution in [2.45, 2.75) is 32.5 Å². The van der Waals surface area contributed by atoms with Gasteiger partial charge in [-0.15, -0.1) is 0 Å². The number of nitrogens with one attached hydrogen (secondary N) is 1. The number of aromatic nitrogens is 3. The Hall–Kier alpha value is -3.15. The van der Waals surface area contributed by atoms with Crippen LogP contribution in [0.15, 0.2) is 41.1 Å². The lowest BCUT2D eigenvalue weighted by atomic mass is 10.1. The molecule has 28 heavy (non-hydrogen) atoms. The highest BCUT2D eigenvalue weighted by atomic mass is 35.5. The number of carbonyl (C=O) groups excluding carboxylic acids is 1. The predicted molar refractivity (Wildman–Crippen MR) is 101 cm³/mol. The van der Waals surface area contributed by atoms with Gasteiger partial charge >= 0.3 is 0 Å². The zero-order valence-corrected chi connectivity index (χ0v) is 16.0. The van der Waals surface area contributed by atoms with E-state index in [-0.39, 0.29) is 17.5 Å². The molecule has 0 aliphatic rings. The second kappa shape index (κ2) is 8.25. The second-order valence-electron chi connectivity index (χ2n) is 6.39. The molecule has 2 heterocycles. The van der Waals surface area contributed by atoms with E-state index in [1.807, 2.05) is 19.1 Å². The van der Waals surface area contributed by atoms with Crippen LogP contribution in [0.3, 0.4) is 0 Å². The maximum Gasteiger partial charge on any atom is 0.273 e. The minimum absolute atomic E-state index is 0.108. The molecular weight excluding hydrogens is 382 g/mol. The van der Waals surface area contributed by atoms with Crippen molar-refractivity contribution in [2.75, 3.05) is 0 Å². The summed E-state index contributed by atoms with van der Waals surface area (Å²) in [6.07, 6.45) is 0.968. The van der Waals surface area contributed by atoms with Crippen molar-refractivity contribution in [3.63, 3.8) is 0 Å². The number of benzene rings is 1. The normalized spacial score (nSPS) is 13.0. The number of hydrogen-bond acceptors (Lipinski definition) is 6. The van der Waals surface area contributed by atoms with E-state index in [1.165, 1.54) is 13.0 Å². The molecule has 3 rings (SSSR count). The van der Waals surface area contributed by atoms with E-state index in [1.54, 1.807) is 29.1 Å². The van der Waals surface area contributed by atoms with Gasteiger partial charge in [-0.05, 0) is 32.0 Å². The summed E-state index contributed by atoms with van der Waals surface area (Å²) in [5, 5.41) is 29.7. The number of amides is 1. The number of carbonyl (C=O) groups is 1. The number of nitriles is 1. The molecule has 2 N–H and O–H groups in total. The van der Waals surface area contributed by atoms with Crippen LogP contribution in [0.4, 0.5) is 0 Å². The Balaban J connectivity index is 1.63. The molecule has 144 valence electrons. The molecule has 8 nitrogen and oxygen atoms in total. The SMILES string of the molecule is CC(Cn1ccc(-c2ccc(C#N)c(Cl)c2)n1)NC(=O)c1cc(C(C)O)on1. The molecule has 0 fully saturated rings. The molecule has 3 aromatic rings. The van der Waals surface area contributed by atoms with Gasteiger partial charge in [0.25, 0.3) is 5.91 Å². The standard InChI is InChI=1S/C19H18ClN5O3/c1-11(22-19(27)17-8-18(12(2)26)28-24-17)10-25-6-5-16(23-25)13-3-4-14(9-21)15(20)7-13/h3-8,11-12,26H,10H2,1-2H3,(H,22,27). The Morgan fingerprint density at radius 3 is 2.82 bits per heavy atom. The quantitative estimate of drug-likeness (QED) is 0.658. The summed E-state index contributed by atoms with van der Waals surface area (Å²) in [6, 6.07) is 10.2. The molecule has 9 heteroatoms. The fourth-order valence-electron chi connectivity index (χ4n) is 2.60. The summed E-state index contributed by atoms with van der Waals surface area (Å²) < 4.78 is 6.62. The number of aliphatic hydroxyl groups is 1. The average Bonchev–Trinajstić information content (AvgIpc) is 3.31. The third kappa shape index (κ3) is 4.39. The van der Waals surface area contributed by atoms with Crippen LogP contribution in [0.5, 0.6) is 0 Å². The lowest BCUT2D eigenvalue weighted by Crippen LogP contribution is -2.36. The van der Waals surface area contributed by atoms with Crippen LogP contribution in [0.2, 0.25) is 5.02 Å². The summed E-state index contributed by atoms with van der Waals surface area (Å²) in [7, 11) is 0. The first-order chi connectivity index (χ1) is 13.4. The lowest BCUT2D eigenvalue weighted by molar-refractivity contribution is 0.0925. The summed E-state index contributed by atoms with van der Waals surface area (Å²) in [4.78, 5) is 12.2. The zero-order valence-electron chi connectivity index (χ0n) is 15.3. The molecular formula is C19H18ClN5O3. The fraction of sp³-hybridized carbons (Fsp3) is 0.263. The van der Waals surface area contributed by atoms with Crippen molar-refractivity contribution >= 4 is 17.5 Å². The zero-order chi connectivity index (χ0) is 20.3. The molecule has 0 saturated heterocycles. The second-order valence-corrected chi connectivity index (χ2v) is 6.80. The lowest BCUT2D eigenvalue weighted by Gasteiger charge is -2.12. The molecule has 1 aromatic carbocycles. The molecule has 0 spiro atoms. The van der Waals surface area contributed by atoms with Crippen LogP contribution in [0, 0.1) is 11.3 Å². The van der Waals surface area contributed by atoms with Gasteiger partial charge in [-0.25, -0.2) is 0 Å². The van der Waals surface area contributed by atoms with Crippen molar-refractivity contribution < 1.29 is 14.4 Å². The fourth-order valence-corrected chi connectivity index (χ4v) is 2.82. The van der Waals surface area contributed by atoms with Crippen molar-refractivity contribution in [3.8, 4) is 17.3 Å². The number of rotatable bonds is 6. The summed E-state index contributed by atoms with van der Waals surface area (Å²) in [5.74, 6) is -0.162. The van der Waals surface area contributed by atoms with Gasteiger partial charge in [-0.1, -0.05) is 22.8 Å². The Labute approximate surface area is 166 Å². The number of hydrogen-bond donors (Lipinski definition) is 2. The monoisotopic (exact) mass is 399 g/mol. The first kappa shape index (κ1) is 19.6. The smallest absolute Gasteiger partial charge is 0.273 e. The van der Waals surface area contributed by atoms with E-state index < -0.39 is 12.0 Å². The highest BCUT2D eigenvalue weighted by Gasteiger charge is 2.17. The van der Waals surface area contributed by atoms with Crippen LogP contribution in [-0.4, -0.2) is 32.0 Å². The topological polar surface area (TPSA) is 117 Å². The molecule has 0 radical (unpaired) electrons. The maximum absolute atomic E-state index is 12.2. The Morgan fingerprint density at radius 1 is 1.39 bits per heavy atom. The van der Waals surface area contributed by atoms with Crippen LogP contribution in [0.25, 0.3) is 11.3 Å². The number of nitrogens with zero attached hydrogens (tertiary/aromatic N) is 4. The molecule has 0 aliphatic heterocycles. The van der Waals surface area contributed by atoms with E-state index >= 15 is 0 Å². The van der Waals surface area contributed by atoms with Crippen molar-refractivity contribution in [2.24, 2.45) is 0 Å². The third-order valence-corrected chi connectivity index (χ3v) is 4.35. The van der Waals surface area contributed by atoms with E-state index in [0.717, 1.165) is 5.56 Å². The summed E-state index contributed by atoms with van der Waals surface area (Å²) in [5.41, 5.74) is 2.03. The van der Waals surface area contributed by atoms with E-state index in [2.05, 4.69) is 15.6 Å². The Morgan fingerprint density at radius 2 is 2.18 bits per heavy atom. The van der Waals surface area contributed by atoms with E-state index in [4.69, 9.17) is 21.4 Å². The molecule has 2 atom stereocenters. The third-order valence-electron chi connectivity index (χ3n) is 4.04. The minimum atomic E-state index is -0.829. The molecule has 0 bridgehead atoms. The van der Waals surface area contributed by atoms with E-state index in [9.17, 15) is 9.90 Å². The van der Waals surface area contributed by atoms with Gasteiger partial charge in [-0.2, -0.15) is 10.4 Å². The van der Waals surface area contributed by atoms with Gasteiger partial charge in [0.05, 0.1) is 22.8 Å². The van der Waals surface area contributed by atoms with Crippen LogP contribution in [-0.2, 0) is 6.54 Å². The predicted octanol–water partition coefficient (Wildman–Crippen LogP) is 2.93. The van der Waals surface area contributed by atoms with Crippen LogP contribution in [0.1, 0.15) is 41.8 Å². The van der Waals surface area contributed by atoms with Gasteiger partial charge in [0.1, 0.15) is 12.2 Å².